The van der Waals surface area contributed by atoms with Gasteiger partial charge >= 0.3 is 0 Å². The molecule has 0 spiro atoms. The number of allylic oxidation sites excluding steroid dienone is 2. The van der Waals surface area contributed by atoms with Crippen molar-refractivity contribution >= 4 is 0 Å². The van der Waals surface area contributed by atoms with Crippen molar-refractivity contribution in [2.45, 2.75) is 19.8 Å². The molecule has 0 bridgehead atoms. The topological polar surface area (TPSA) is 22.1 Å². The second-order valence-corrected chi connectivity index (χ2v) is 3.50. The zero-order valence-corrected chi connectivity index (χ0v) is 8.29. The number of nitrogens with zero attached hydrogens (tertiary/aromatic N) is 1. The molecule has 0 unspecified atom stereocenters. The minimum absolute atomic E-state index is 0.782. The van der Waals surface area contributed by atoms with E-state index in [1.807, 2.05) is 12.1 Å². The fourth-order valence-corrected chi connectivity index (χ4v) is 1.55. The van der Waals surface area contributed by atoms with Crippen LogP contribution in [0.4, 0.5) is 0 Å². The lowest BCUT2D eigenvalue weighted by Gasteiger charge is -2.07. The third-order valence-corrected chi connectivity index (χ3v) is 2.36. The Morgan fingerprint density at radius 1 is 1.43 bits per heavy atom. The minimum atomic E-state index is 0.782. The molecule has 0 N–H and O–H groups in total. The van der Waals surface area contributed by atoms with Gasteiger partial charge in [-0.2, -0.15) is 0 Å². The molecule has 0 amide bonds. The highest BCUT2D eigenvalue weighted by Crippen LogP contribution is 2.31. The van der Waals surface area contributed by atoms with E-state index in [1.54, 1.807) is 12.4 Å². The second-order valence-electron chi connectivity index (χ2n) is 3.50. The molecule has 0 saturated carbocycles. The largest absolute Gasteiger partial charge is 0.456 e. The molecule has 0 atom stereocenters. The average Bonchev–Trinajstić information content (AvgIpc) is 2.51. The fraction of sp³-hybridized carbons (Fsp3) is 0.250. The minimum Gasteiger partial charge on any atom is -0.456 e. The lowest BCUT2D eigenvalue weighted by Crippen LogP contribution is -1.95. The number of aromatic nitrogens is 1. The van der Waals surface area contributed by atoms with Gasteiger partial charge in [-0.3, -0.25) is 4.98 Å². The SMILES string of the molecule is C=C1CCC(C)=C1Oc1cccnc1. The number of ether oxygens (including phenoxy) is 1. The molecule has 1 aromatic rings. The first-order chi connectivity index (χ1) is 6.77. The van der Waals surface area contributed by atoms with Gasteiger partial charge in [0.2, 0.25) is 0 Å². The van der Waals surface area contributed by atoms with Gasteiger partial charge in [0.05, 0.1) is 6.20 Å². The molecule has 0 fully saturated rings. The Balaban J connectivity index is 2.19. The van der Waals surface area contributed by atoms with Gasteiger partial charge in [0.25, 0.3) is 0 Å². The van der Waals surface area contributed by atoms with E-state index in [0.29, 0.717) is 0 Å². The normalized spacial score (nSPS) is 16.2. The Bertz CT molecular complexity index is 379. The molecule has 0 saturated heterocycles. The van der Waals surface area contributed by atoms with Crippen LogP contribution in [-0.4, -0.2) is 4.98 Å². The zero-order chi connectivity index (χ0) is 9.97. The third-order valence-electron chi connectivity index (χ3n) is 2.36. The summed E-state index contributed by atoms with van der Waals surface area (Å²) in [6.07, 6.45) is 5.53. The van der Waals surface area contributed by atoms with Crippen molar-refractivity contribution in [3.05, 3.63) is 48.0 Å². The maximum atomic E-state index is 5.72. The van der Waals surface area contributed by atoms with Crippen molar-refractivity contribution < 1.29 is 4.74 Å². The van der Waals surface area contributed by atoms with Crippen LogP contribution in [0.5, 0.6) is 5.75 Å². The van der Waals surface area contributed by atoms with E-state index < -0.39 is 0 Å². The number of hydrogen-bond donors (Lipinski definition) is 0. The predicted octanol–water partition coefficient (Wildman–Crippen LogP) is 3.08. The predicted molar refractivity (Wildman–Crippen MR) is 55.9 cm³/mol. The molecule has 2 heteroatoms. The van der Waals surface area contributed by atoms with E-state index in [1.165, 1.54) is 5.57 Å². The Morgan fingerprint density at radius 2 is 2.29 bits per heavy atom. The fourth-order valence-electron chi connectivity index (χ4n) is 1.55. The van der Waals surface area contributed by atoms with Gasteiger partial charge in [-0.05, 0) is 43.0 Å². The maximum Gasteiger partial charge on any atom is 0.145 e. The first-order valence-electron chi connectivity index (χ1n) is 4.73. The lowest BCUT2D eigenvalue weighted by atomic mass is 10.2. The second kappa shape index (κ2) is 3.66. The molecule has 14 heavy (non-hydrogen) atoms. The van der Waals surface area contributed by atoms with E-state index >= 15 is 0 Å². The van der Waals surface area contributed by atoms with E-state index in [9.17, 15) is 0 Å². The zero-order valence-electron chi connectivity index (χ0n) is 8.29. The molecule has 2 rings (SSSR count). The van der Waals surface area contributed by atoms with E-state index in [2.05, 4.69) is 18.5 Å². The summed E-state index contributed by atoms with van der Waals surface area (Å²) in [6, 6.07) is 3.77. The Morgan fingerprint density at radius 3 is 2.86 bits per heavy atom. The molecule has 1 aliphatic carbocycles. The number of hydrogen-bond acceptors (Lipinski definition) is 2. The first-order valence-corrected chi connectivity index (χ1v) is 4.73. The molecule has 1 aliphatic rings. The van der Waals surface area contributed by atoms with Gasteiger partial charge in [0.15, 0.2) is 0 Å². The molecule has 0 aliphatic heterocycles. The van der Waals surface area contributed by atoms with Crippen LogP contribution in [0, 0.1) is 0 Å². The summed E-state index contributed by atoms with van der Waals surface area (Å²) in [4.78, 5) is 4.00. The van der Waals surface area contributed by atoms with Gasteiger partial charge in [-0.25, -0.2) is 0 Å². The highest BCUT2D eigenvalue weighted by molar-refractivity contribution is 5.37. The third kappa shape index (κ3) is 1.69. The molecular weight excluding hydrogens is 174 g/mol. The highest BCUT2D eigenvalue weighted by Gasteiger charge is 2.16. The highest BCUT2D eigenvalue weighted by atomic mass is 16.5. The van der Waals surface area contributed by atoms with Gasteiger partial charge in [-0.1, -0.05) is 6.58 Å². The Labute approximate surface area is 83.9 Å². The van der Waals surface area contributed by atoms with Crippen LogP contribution < -0.4 is 4.74 Å². The van der Waals surface area contributed by atoms with Crippen LogP contribution in [0.2, 0.25) is 0 Å². The van der Waals surface area contributed by atoms with E-state index in [4.69, 9.17) is 4.74 Å². The van der Waals surface area contributed by atoms with E-state index in [0.717, 1.165) is 29.9 Å². The summed E-state index contributed by atoms with van der Waals surface area (Å²) < 4.78 is 5.72. The van der Waals surface area contributed by atoms with Crippen LogP contribution in [0.25, 0.3) is 0 Å². The van der Waals surface area contributed by atoms with Crippen molar-refractivity contribution in [1.82, 2.24) is 4.98 Å². The van der Waals surface area contributed by atoms with Gasteiger partial charge in [0, 0.05) is 6.20 Å². The molecule has 1 aromatic heterocycles. The van der Waals surface area contributed by atoms with Gasteiger partial charge in [0.1, 0.15) is 11.5 Å². The lowest BCUT2D eigenvalue weighted by molar-refractivity contribution is 0.433. The summed E-state index contributed by atoms with van der Waals surface area (Å²) >= 11 is 0. The molecule has 72 valence electrons. The number of pyridine rings is 1. The van der Waals surface area contributed by atoms with Crippen molar-refractivity contribution in [2.75, 3.05) is 0 Å². The summed E-state index contributed by atoms with van der Waals surface area (Å²) in [6.45, 7) is 6.07. The quantitative estimate of drug-likeness (QED) is 0.709. The maximum absolute atomic E-state index is 5.72. The summed E-state index contributed by atoms with van der Waals surface area (Å²) in [7, 11) is 0. The van der Waals surface area contributed by atoms with Crippen molar-refractivity contribution in [3.8, 4) is 5.75 Å². The van der Waals surface area contributed by atoms with Crippen LogP contribution in [0.3, 0.4) is 0 Å². The van der Waals surface area contributed by atoms with Crippen molar-refractivity contribution in [2.24, 2.45) is 0 Å². The Hall–Kier alpha value is -1.57. The monoisotopic (exact) mass is 187 g/mol. The first kappa shape index (κ1) is 9.00. The summed E-state index contributed by atoms with van der Waals surface area (Å²) in [5.74, 6) is 1.72. The Kier molecular flexibility index (Phi) is 2.35. The molecule has 1 heterocycles. The van der Waals surface area contributed by atoms with Crippen LogP contribution >= 0.6 is 0 Å². The smallest absolute Gasteiger partial charge is 0.145 e. The molecular formula is C12H13NO. The molecule has 2 nitrogen and oxygen atoms in total. The summed E-state index contributed by atoms with van der Waals surface area (Å²) in [5, 5.41) is 0. The van der Waals surface area contributed by atoms with Crippen LogP contribution in [-0.2, 0) is 0 Å². The molecule has 0 radical (unpaired) electrons. The summed E-state index contributed by atoms with van der Waals surface area (Å²) in [5.41, 5.74) is 2.37. The van der Waals surface area contributed by atoms with Gasteiger partial charge in [-0.15, -0.1) is 0 Å². The molecule has 0 aromatic carbocycles. The van der Waals surface area contributed by atoms with Gasteiger partial charge < -0.3 is 4.74 Å². The van der Waals surface area contributed by atoms with Crippen molar-refractivity contribution in [1.29, 1.82) is 0 Å². The van der Waals surface area contributed by atoms with Crippen LogP contribution in [0.15, 0.2) is 48.0 Å². The van der Waals surface area contributed by atoms with Crippen molar-refractivity contribution in [3.63, 3.8) is 0 Å². The standard InChI is InChI=1S/C12H13NO/c1-9-5-6-10(2)12(9)14-11-4-3-7-13-8-11/h3-4,7-8H,1,5-6H2,2H3. The number of rotatable bonds is 2. The van der Waals surface area contributed by atoms with E-state index in [-0.39, 0.29) is 0 Å². The average molecular weight is 187 g/mol. The van der Waals surface area contributed by atoms with Crippen LogP contribution in [0.1, 0.15) is 19.8 Å².